The van der Waals surface area contributed by atoms with Gasteiger partial charge in [0.25, 0.3) is 0 Å². The van der Waals surface area contributed by atoms with Crippen LogP contribution in [0.3, 0.4) is 0 Å². The molecule has 0 N–H and O–H groups in total. The van der Waals surface area contributed by atoms with Crippen LogP contribution >= 0.6 is 15.9 Å². The number of fused-ring (bicyclic) bond motifs is 1. The molecule has 2 aromatic rings. The molecule has 2 rings (SSSR count). The molecule has 0 aliphatic heterocycles. The number of hydrogen-bond acceptors (Lipinski definition) is 4. The number of esters is 1. The lowest BCUT2D eigenvalue weighted by atomic mass is 10.2. The maximum absolute atomic E-state index is 11.5. The predicted molar refractivity (Wildman–Crippen MR) is 67.0 cm³/mol. The first kappa shape index (κ1) is 12.0. The Morgan fingerprint density at radius 1 is 1.47 bits per heavy atom. The van der Waals surface area contributed by atoms with Gasteiger partial charge in [-0.15, -0.1) is 0 Å². The van der Waals surface area contributed by atoms with Crippen LogP contribution in [0.15, 0.2) is 16.9 Å². The van der Waals surface area contributed by atoms with Crippen molar-refractivity contribution in [3.63, 3.8) is 0 Å². The summed E-state index contributed by atoms with van der Waals surface area (Å²) in [6, 6.07) is 0.218. The lowest BCUT2D eigenvalue weighted by Crippen LogP contribution is -2.06. The van der Waals surface area contributed by atoms with Gasteiger partial charge in [-0.25, -0.2) is 14.5 Å². The highest BCUT2D eigenvalue weighted by molar-refractivity contribution is 9.10. The fourth-order valence-corrected chi connectivity index (χ4v) is 2.14. The minimum atomic E-state index is -0.413. The standard InChI is InChI=1S/C11H12BrN3O2/c1-6(2)15-10-7(5-14-15)9(12)8(4-13-10)11(16)17-3/h4-6H,1-3H3. The van der Waals surface area contributed by atoms with Crippen LogP contribution in [0.2, 0.25) is 0 Å². The molecule has 0 saturated heterocycles. The van der Waals surface area contributed by atoms with E-state index < -0.39 is 5.97 Å². The second kappa shape index (κ2) is 4.44. The zero-order valence-electron chi connectivity index (χ0n) is 9.77. The summed E-state index contributed by atoms with van der Waals surface area (Å²) in [5.41, 5.74) is 1.16. The summed E-state index contributed by atoms with van der Waals surface area (Å²) >= 11 is 3.39. The third kappa shape index (κ3) is 1.93. The van der Waals surface area contributed by atoms with Gasteiger partial charge < -0.3 is 4.74 Å². The first-order valence-electron chi connectivity index (χ1n) is 5.16. The molecule has 90 valence electrons. The SMILES string of the molecule is COC(=O)c1cnc2c(cnn2C(C)C)c1Br. The van der Waals surface area contributed by atoms with Crippen LogP contribution in [0.25, 0.3) is 11.0 Å². The molecule has 2 heterocycles. The number of ether oxygens (including phenoxy) is 1. The zero-order valence-corrected chi connectivity index (χ0v) is 11.4. The molecular weight excluding hydrogens is 286 g/mol. The Kier molecular flexibility index (Phi) is 3.15. The van der Waals surface area contributed by atoms with Gasteiger partial charge in [-0.3, -0.25) is 0 Å². The van der Waals surface area contributed by atoms with E-state index in [1.165, 1.54) is 13.3 Å². The molecule has 0 saturated carbocycles. The summed E-state index contributed by atoms with van der Waals surface area (Å²) in [4.78, 5) is 15.8. The van der Waals surface area contributed by atoms with Crippen LogP contribution in [0.5, 0.6) is 0 Å². The van der Waals surface area contributed by atoms with E-state index in [1.54, 1.807) is 10.9 Å². The highest BCUT2D eigenvalue weighted by atomic mass is 79.9. The number of hydrogen-bond donors (Lipinski definition) is 0. The molecule has 0 radical (unpaired) electrons. The zero-order chi connectivity index (χ0) is 12.6. The molecule has 2 aromatic heterocycles. The highest BCUT2D eigenvalue weighted by Crippen LogP contribution is 2.27. The average molecular weight is 298 g/mol. The van der Waals surface area contributed by atoms with Crippen molar-refractivity contribution in [2.75, 3.05) is 7.11 Å². The van der Waals surface area contributed by atoms with Gasteiger partial charge in [0.2, 0.25) is 0 Å². The monoisotopic (exact) mass is 297 g/mol. The van der Waals surface area contributed by atoms with Crippen molar-refractivity contribution < 1.29 is 9.53 Å². The quantitative estimate of drug-likeness (QED) is 0.800. The Labute approximate surface area is 107 Å². The molecule has 0 bridgehead atoms. The summed E-state index contributed by atoms with van der Waals surface area (Å²) in [7, 11) is 1.34. The van der Waals surface area contributed by atoms with Crippen molar-refractivity contribution in [1.82, 2.24) is 14.8 Å². The van der Waals surface area contributed by atoms with E-state index in [0.717, 1.165) is 11.0 Å². The number of nitrogens with zero attached hydrogens (tertiary/aromatic N) is 3. The van der Waals surface area contributed by atoms with E-state index in [1.807, 2.05) is 13.8 Å². The smallest absolute Gasteiger partial charge is 0.340 e. The Hall–Kier alpha value is -1.43. The molecule has 0 unspecified atom stereocenters. The lowest BCUT2D eigenvalue weighted by molar-refractivity contribution is 0.0599. The first-order valence-corrected chi connectivity index (χ1v) is 5.95. The highest BCUT2D eigenvalue weighted by Gasteiger charge is 2.17. The van der Waals surface area contributed by atoms with Gasteiger partial charge in [0.15, 0.2) is 5.65 Å². The first-order chi connectivity index (χ1) is 8.06. The van der Waals surface area contributed by atoms with Crippen LogP contribution in [0.1, 0.15) is 30.2 Å². The van der Waals surface area contributed by atoms with Crippen molar-refractivity contribution in [1.29, 1.82) is 0 Å². The Bertz CT molecular complexity index is 577. The third-order valence-electron chi connectivity index (χ3n) is 2.45. The van der Waals surface area contributed by atoms with Gasteiger partial charge in [0.05, 0.1) is 24.3 Å². The van der Waals surface area contributed by atoms with Crippen LogP contribution in [0, 0.1) is 0 Å². The van der Waals surface area contributed by atoms with Crippen LogP contribution in [-0.2, 0) is 4.74 Å². The molecule has 0 spiro atoms. The largest absolute Gasteiger partial charge is 0.465 e. The van der Waals surface area contributed by atoms with E-state index in [0.29, 0.717) is 10.0 Å². The average Bonchev–Trinajstić information content (AvgIpc) is 2.73. The van der Waals surface area contributed by atoms with Crippen molar-refractivity contribution >= 4 is 32.9 Å². The maximum atomic E-state index is 11.5. The minimum absolute atomic E-state index is 0.218. The predicted octanol–water partition coefficient (Wildman–Crippen LogP) is 2.56. The van der Waals surface area contributed by atoms with Crippen molar-refractivity contribution in [3.05, 3.63) is 22.4 Å². The molecule has 0 aliphatic carbocycles. The summed E-state index contributed by atoms with van der Waals surface area (Å²) in [6.45, 7) is 4.05. The number of halogens is 1. The molecule has 0 aliphatic rings. The number of aromatic nitrogens is 3. The van der Waals surface area contributed by atoms with Gasteiger partial charge in [-0.1, -0.05) is 0 Å². The molecule has 6 heteroatoms. The second-order valence-electron chi connectivity index (χ2n) is 3.90. The van der Waals surface area contributed by atoms with E-state index >= 15 is 0 Å². The lowest BCUT2D eigenvalue weighted by Gasteiger charge is -2.07. The van der Waals surface area contributed by atoms with E-state index in [4.69, 9.17) is 0 Å². The number of rotatable bonds is 2. The van der Waals surface area contributed by atoms with E-state index in [2.05, 4.69) is 30.7 Å². The van der Waals surface area contributed by atoms with Gasteiger partial charge in [0, 0.05) is 16.7 Å². The normalized spacial score (nSPS) is 11.1. The number of carbonyl (C=O) groups is 1. The van der Waals surface area contributed by atoms with Crippen LogP contribution < -0.4 is 0 Å². The van der Waals surface area contributed by atoms with Crippen molar-refractivity contribution in [2.24, 2.45) is 0 Å². The molecule has 0 aromatic carbocycles. The Balaban J connectivity index is 2.66. The van der Waals surface area contributed by atoms with Crippen molar-refractivity contribution in [2.45, 2.75) is 19.9 Å². The second-order valence-corrected chi connectivity index (χ2v) is 4.69. The molecule has 0 fully saturated rings. The Morgan fingerprint density at radius 3 is 2.76 bits per heavy atom. The van der Waals surface area contributed by atoms with E-state index in [9.17, 15) is 4.79 Å². The summed E-state index contributed by atoms with van der Waals surface area (Å²) in [5.74, 6) is -0.413. The third-order valence-corrected chi connectivity index (χ3v) is 3.31. The number of carbonyl (C=O) groups excluding carboxylic acids is 1. The van der Waals surface area contributed by atoms with Gasteiger partial charge in [-0.05, 0) is 29.8 Å². The molecule has 0 atom stereocenters. The van der Waals surface area contributed by atoms with Gasteiger partial charge in [0.1, 0.15) is 0 Å². The van der Waals surface area contributed by atoms with E-state index in [-0.39, 0.29) is 6.04 Å². The van der Waals surface area contributed by atoms with Crippen molar-refractivity contribution in [3.8, 4) is 0 Å². The topological polar surface area (TPSA) is 57.0 Å². The van der Waals surface area contributed by atoms with Gasteiger partial charge >= 0.3 is 5.97 Å². The van der Waals surface area contributed by atoms with Crippen LogP contribution in [0.4, 0.5) is 0 Å². The number of methoxy groups -OCH3 is 1. The molecule has 5 nitrogen and oxygen atoms in total. The molecule has 0 amide bonds. The number of pyridine rings is 1. The maximum Gasteiger partial charge on any atom is 0.340 e. The summed E-state index contributed by atoms with van der Waals surface area (Å²) in [5, 5.41) is 5.06. The molecular formula is C11H12BrN3O2. The minimum Gasteiger partial charge on any atom is -0.465 e. The molecule has 17 heavy (non-hydrogen) atoms. The van der Waals surface area contributed by atoms with Crippen LogP contribution in [-0.4, -0.2) is 27.8 Å². The van der Waals surface area contributed by atoms with Gasteiger partial charge in [-0.2, -0.15) is 5.10 Å². The Morgan fingerprint density at radius 2 is 2.18 bits per heavy atom. The summed E-state index contributed by atoms with van der Waals surface area (Å²) < 4.78 is 7.16. The fraction of sp³-hybridized carbons (Fsp3) is 0.364. The summed E-state index contributed by atoms with van der Waals surface area (Å²) in [6.07, 6.45) is 3.19. The fourth-order valence-electron chi connectivity index (χ4n) is 1.60.